The van der Waals surface area contributed by atoms with Gasteiger partial charge in [-0.3, -0.25) is 30.1 Å². The molecule has 218 valence electrons. The van der Waals surface area contributed by atoms with E-state index in [4.69, 9.17) is 4.74 Å². The first-order chi connectivity index (χ1) is 19.1. The maximum Gasteiger partial charge on any atom is 0.328 e. The molecule has 5 heterocycles. The average molecular weight is 553 g/mol. The number of aliphatic hydroxyl groups is 1. The summed E-state index contributed by atoms with van der Waals surface area (Å²) in [5.41, 5.74) is 0.817. The summed E-state index contributed by atoms with van der Waals surface area (Å²) in [6.07, 6.45) is 6.64. The van der Waals surface area contributed by atoms with Crippen LogP contribution in [0.2, 0.25) is 0 Å². The fraction of sp³-hybridized carbons (Fsp3) is 0.613. The van der Waals surface area contributed by atoms with Crippen molar-refractivity contribution in [2.24, 2.45) is 23.2 Å². The standard InChI is InChI=1S/C20H26N2O2.C11H18N2O3/c1-3-13-12-22-9-7-14(13)10-19(22)20(23)16-6-8-21-18-5-4-15(24-2)11-17(16)18;1-4-11(6-5-7(2)3)8(14)12-10(16)13-9(11)15/h4-6,8,11,13-14,19-20,23H,3,7,9-10,12H2,1-2H3;7H,4-6H2,1-3H3,(H2,12,13,14,15,16)/t13-,14-,19+,20-;/m0./s1. The second-order valence-corrected chi connectivity index (χ2v) is 11.8. The van der Waals surface area contributed by atoms with Gasteiger partial charge in [0.2, 0.25) is 11.8 Å². The predicted octanol–water partition coefficient (Wildman–Crippen LogP) is 4.58. The average Bonchev–Trinajstić information content (AvgIpc) is 2.96. The second kappa shape index (κ2) is 12.6. The van der Waals surface area contributed by atoms with Crippen LogP contribution < -0.4 is 15.4 Å². The predicted molar refractivity (Wildman–Crippen MR) is 154 cm³/mol. The first-order valence-corrected chi connectivity index (χ1v) is 14.6. The molecule has 9 heteroatoms. The smallest absolute Gasteiger partial charge is 0.328 e. The van der Waals surface area contributed by atoms with Crippen LogP contribution in [0.15, 0.2) is 30.5 Å². The number of methoxy groups -OCH3 is 1. The number of aromatic nitrogens is 1. The van der Waals surface area contributed by atoms with Crippen LogP contribution in [-0.2, 0) is 9.59 Å². The molecule has 3 N–H and O–H groups in total. The van der Waals surface area contributed by atoms with Crippen molar-refractivity contribution in [3.05, 3.63) is 36.0 Å². The quantitative estimate of drug-likeness (QED) is 0.410. The molecule has 4 saturated heterocycles. The molecule has 4 aliphatic rings. The maximum absolute atomic E-state index is 11.8. The minimum atomic E-state index is -1.07. The lowest BCUT2D eigenvalue weighted by atomic mass is 9.72. The number of amides is 4. The van der Waals surface area contributed by atoms with E-state index in [2.05, 4.69) is 27.4 Å². The highest BCUT2D eigenvalue weighted by Crippen LogP contribution is 2.42. The van der Waals surface area contributed by atoms with Crippen molar-refractivity contribution in [1.82, 2.24) is 20.5 Å². The molecule has 2 bridgehead atoms. The van der Waals surface area contributed by atoms with Crippen LogP contribution in [-0.4, -0.2) is 59.1 Å². The molecule has 0 radical (unpaired) electrons. The van der Waals surface area contributed by atoms with Gasteiger partial charge in [-0.15, -0.1) is 0 Å². The van der Waals surface area contributed by atoms with Gasteiger partial charge >= 0.3 is 6.03 Å². The Morgan fingerprint density at radius 2 is 1.88 bits per heavy atom. The second-order valence-electron chi connectivity index (χ2n) is 11.8. The maximum atomic E-state index is 11.8. The zero-order valence-electron chi connectivity index (χ0n) is 24.4. The van der Waals surface area contributed by atoms with Gasteiger partial charge in [0.25, 0.3) is 0 Å². The van der Waals surface area contributed by atoms with Gasteiger partial charge in [0, 0.05) is 24.2 Å². The van der Waals surface area contributed by atoms with E-state index in [9.17, 15) is 19.5 Å². The van der Waals surface area contributed by atoms with Gasteiger partial charge in [-0.2, -0.15) is 0 Å². The number of nitrogens with one attached hydrogen (secondary N) is 2. The van der Waals surface area contributed by atoms with Gasteiger partial charge in [-0.1, -0.05) is 34.1 Å². The summed E-state index contributed by atoms with van der Waals surface area (Å²) in [5.74, 6) is 1.86. The number of pyridine rings is 1. The van der Waals surface area contributed by atoms with Crippen LogP contribution in [0, 0.1) is 23.2 Å². The Kier molecular flexibility index (Phi) is 9.46. The number of ether oxygens (including phenoxy) is 1. The lowest BCUT2D eigenvalue weighted by Gasteiger charge is -2.51. The summed E-state index contributed by atoms with van der Waals surface area (Å²) in [6.45, 7) is 10.4. The fourth-order valence-electron chi connectivity index (χ4n) is 6.55. The van der Waals surface area contributed by atoms with Crippen molar-refractivity contribution < 1.29 is 24.2 Å². The minimum absolute atomic E-state index is 0.225. The fourth-order valence-corrected chi connectivity index (χ4v) is 6.55. The molecule has 4 aliphatic heterocycles. The van der Waals surface area contributed by atoms with Gasteiger partial charge in [-0.25, -0.2) is 4.79 Å². The number of hydrogen-bond acceptors (Lipinski definition) is 7. The number of nitrogens with zero attached hydrogens (tertiary/aromatic N) is 2. The first-order valence-electron chi connectivity index (χ1n) is 14.6. The molecular weight excluding hydrogens is 508 g/mol. The molecule has 5 atom stereocenters. The number of benzene rings is 1. The van der Waals surface area contributed by atoms with E-state index in [-0.39, 0.29) is 6.04 Å². The summed E-state index contributed by atoms with van der Waals surface area (Å²) in [7, 11) is 1.67. The van der Waals surface area contributed by atoms with E-state index in [0.29, 0.717) is 18.8 Å². The molecule has 0 aliphatic carbocycles. The molecule has 0 spiro atoms. The Balaban J connectivity index is 0.000000202. The highest BCUT2D eigenvalue weighted by Gasteiger charge is 2.48. The van der Waals surface area contributed by atoms with Crippen LogP contribution in [0.1, 0.15) is 77.9 Å². The van der Waals surface area contributed by atoms with Gasteiger partial charge in [0.05, 0.1) is 18.7 Å². The van der Waals surface area contributed by atoms with Crippen LogP contribution in [0.3, 0.4) is 0 Å². The van der Waals surface area contributed by atoms with Crippen molar-refractivity contribution in [1.29, 1.82) is 0 Å². The number of carbonyl (C=O) groups is 3. The Bertz CT molecular complexity index is 1210. The first kappa shape index (κ1) is 29.9. The van der Waals surface area contributed by atoms with E-state index in [1.165, 1.54) is 12.8 Å². The van der Waals surface area contributed by atoms with Crippen LogP contribution in [0.25, 0.3) is 10.9 Å². The number of fused-ring (bicyclic) bond motifs is 4. The Morgan fingerprint density at radius 3 is 2.45 bits per heavy atom. The van der Waals surface area contributed by atoms with E-state index in [1.807, 2.05) is 38.1 Å². The molecule has 40 heavy (non-hydrogen) atoms. The SMILES string of the molecule is CCC1(CCC(C)C)C(=O)NC(=O)NC1=O.CC[C@H]1CN2CC[C@H]1C[C@@H]2[C@@H](O)c1ccnc2ccc(OC)cc12. The van der Waals surface area contributed by atoms with Gasteiger partial charge < -0.3 is 9.84 Å². The van der Waals surface area contributed by atoms with Crippen LogP contribution in [0.4, 0.5) is 4.79 Å². The number of hydrogen-bond donors (Lipinski definition) is 3. The minimum Gasteiger partial charge on any atom is -0.497 e. The number of urea groups is 1. The Hall–Kier alpha value is -3.04. The topological polar surface area (TPSA) is 121 Å². The van der Waals surface area contributed by atoms with Gasteiger partial charge in [0.15, 0.2) is 0 Å². The molecule has 1 unspecified atom stereocenters. The zero-order valence-corrected chi connectivity index (χ0v) is 24.4. The zero-order chi connectivity index (χ0) is 29.0. The van der Waals surface area contributed by atoms with Crippen molar-refractivity contribution >= 4 is 28.7 Å². The Labute approximate surface area is 237 Å². The van der Waals surface area contributed by atoms with Crippen molar-refractivity contribution in [2.45, 2.75) is 78.4 Å². The van der Waals surface area contributed by atoms with E-state index >= 15 is 0 Å². The summed E-state index contributed by atoms with van der Waals surface area (Å²) in [6, 6.07) is 7.35. The number of aliphatic hydroxyl groups excluding tert-OH is 1. The molecular formula is C31H44N4O5. The third-order valence-corrected chi connectivity index (χ3v) is 9.20. The van der Waals surface area contributed by atoms with Crippen molar-refractivity contribution in [2.75, 3.05) is 20.2 Å². The van der Waals surface area contributed by atoms with Gasteiger partial charge in [-0.05, 0) is 86.2 Å². The van der Waals surface area contributed by atoms with E-state index < -0.39 is 29.4 Å². The molecule has 4 amide bonds. The summed E-state index contributed by atoms with van der Waals surface area (Å²) in [4.78, 5) is 41.5. The summed E-state index contributed by atoms with van der Waals surface area (Å²) < 4.78 is 5.36. The number of carbonyl (C=O) groups excluding carboxylic acids is 3. The monoisotopic (exact) mass is 552 g/mol. The summed E-state index contributed by atoms with van der Waals surface area (Å²) in [5, 5.41) is 16.5. The third-order valence-electron chi connectivity index (χ3n) is 9.20. The Morgan fingerprint density at radius 1 is 1.15 bits per heavy atom. The third kappa shape index (κ3) is 6.00. The highest BCUT2D eigenvalue weighted by molar-refractivity contribution is 6.19. The number of rotatable bonds is 8. The van der Waals surface area contributed by atoms with Crippen molar-refractivity contribution in [3.8, 4) is 5.75 Å². The van der Waals surface area contributed by atoms with E-state index in [1.54, 1.807) is 20.2 Å². The summed E-state index contributed by atoms with van der Waals surface area (Å²) >= 11 is 0. The highest BCUT2D eigenvalue weighted by atomic mass is 16.5. The van der Waals surface area contributed by atoms with E-state index in [0.717, 1.165) is 60.0 Å². The van der Waals surface area contributed by atoms with Crippen LogP contribution >= 0.6 is 0 Å². The molecule has 1 aromatic carbocycles. The largest absolute Gasteiger partial charge is 0.497 e. The lowest BCUT2D eigenvalue weighted by molar-refractivity contribution is -0.145. The molecule has 9 nitrogen and oxygen atoms in total. The van der Waals surface area contributed by atoms with Gasteiger partial charge in [0.1, 0.15) is 11.2 Å². The number of barbiturate groups is 1. The molecule has 4 fully saturated rings. The molecule has 2 aromatic rings. The normalized spacial score (nSPS) is 26.1. The molecule has 0 saturated carbocycles. The lowest BCUT2D eigenvalue weighted by Crippen LogP contribution is -2.62. The molecule has 1 aromatic heterocycles. The van der Waals surface area contributed by atoms with Crippen LogP contribution in [0.5, 0.6) is 5.75 Å². The van der Waals surface area contributed by atoms with Crippen molar-refractivity contribution in [3.63, 3.8) is 0 Å². The molecule has 6 rings (SSSR count). The number of piperidine rings is 3. The number of imide groups is 2.